The quantitative estimate of drug-likeness (QED) is 0.896. The maximum atomic E-state index is 9.02. The Morgan fingerprint density at radius 3 is 2.43 bits per heavy atom. The van der Waals surface area contributed by atoms with E-state index in [9.17, 15) is 0 Å². The molecule has 1 N–H and O–H groups in total. The van der Waals surface area contributed by atoms with Crippen molar-refractivity contribution < 1.29 is 0 Å². The number of halogens is 1. The summed E-state index contributed by atoms with van der Waals surface area (Å²) in [4.78, 5) is 0. The molecule has 0 aromatic heterocycles. The van der Waals surface area contributed by atoms with Crippen LogP contribution in [0.15, 0.2) is 28.7 Å². The number of nitrogens with one attached hydrogen (secondary N) is 1. The second kappa shape index (κ2) is 3.84. The van der Waals surface area contributed by atoms with E-state index in [1.54, 1.807) is 11.8 Å². The lowest BCUT2D eigenvalue weighted by atomic mass is 10.1. The normalized spacial score (nSPS) is 18.0. The minimum absolute atomic E-state index is 0.335. The summed E-state index contributed by atoms with van der Waals surface area (Å²) in [5.74, 6) is 1.75. The third kappa shape index (κ3) is 1.89. The van der Waals surface area contributed by atoms with Crippen LogP contribution in [0, 0.1) is 11.3 Å². The summed E-state index contributed by atoms with van der Waals surface area (Å²) >= 11 is 5.17. The lowest BCUT2D eigenvalue weighted by Gasteiger charge is -2.36. The fraction of sp³-hybridized carbons (Fsp3) is 0.300. The fourth-order valence-electron chi connectivity index (χ4n) is 1.28. The van der Waals surface area contributed by atoms with Crippen LogP contribution >= 0.6 is 27.7 Å². The third-order valence-electron chi connectivity index (χ3n) is 2.14. The SMILES string of the molecule is N#CC1(Nc2ccc(Br)cc2)CSC1. The van der Waals surface area contributed by atoms with Crippen molar-refractivity contribution in [3.63, 3.8) is 0 Å². The van der Waals surface area contributed by atoms with Crippen molar-refractivity contribution in [2.24, 2.45) is 0 Å². The summed E-state index contributed by atoms with van der Waals surface area (Å²) in [6.45, 7) is 0. The van der Waals surface area contributed by atoms with Gasteiger partial charge < -0.3 is 5.32 Å². The predicted molar refractivity (Wildman–Crippen MR) is 63.4 cm³/mol. The zero-order chi connectivity index (χ0) is 10.0. The summed E-state index contributed by atoms with van der Waals surface area (Å²) in [7, 11) is 0. The molecule has 0 atom stereocenters. The number of rotatable bonds is 2. The van der Waals surface area contributed by atoms with Crippen molar-refractivity contribution >= 4 is 33.4 Å². The van der Waals surface area contributed by atoms with Gasteiger partial charge in [-0.15, -0.1) is 0 Å². The average Bonchev–Trinajstić information content (AvgIpc) is 2.15. The first kappa shape index (κ1) is 9.88. The summed E-state index contributed by atoms with van der Waals surface area (Å²) < 4.78 is 1.05. The van der Waals surface area contributed by atoms with Crippen LogP contribution in [0.4, 0.5) is 5.69 Å². The van der Waals surface area contributed by atoms with Crippen LogP contribution in [0.2, 0.25) is 0 Å². The van der Waals surface area contributed by atoms with E-state index in [4.69, 9.17) is 5.26 Å². The molecule has 2 nitrogen and oxygen atoms in total. The standard InChI is InChI=1S/C10H9BrN2S/c11-8-1-3-9(4-2-8)13-10(5-12)6-14-7-10/h1-4,13H,6-7H2. The summed E-state index contributed by atoms with van der Waals surface area (Å²) in [5, 5.41) is 12.3. The monoisotopic (exact) mass is 268 g/mol. The van der Waals surface area contributed by atoms with E-state index in [1.165, 1.54) is 0 Å². The van der Waals surface area contributed by atoms with Gasteiger partial charge in [-0.3, -0.25) is 0 Å². The van der Waals surface area contributed by atoms with E-state index in [1.807, 2.05) is 24.3 Å². The van der Waals surface area contributed by atoms with Gasteiger partial charge in [0.25, 0.3) is 0 Å². The molecule has 0 saturated carbocycles. The zero-order valence-corrected chi connectivity index (χ0v) is 9.86. The van der Waals surface area contributed by atoms with Gasteiger partial charge in [0.05, 0.1) is 6.07 Å². The van der Waals surface area contributed by atoms with Gasteiger partial charge in [-0.05, 0) is 24.3 Å². The van der Waals surface area contributed by atoms with Gasteiger partial charge in [0.15, 0.2) is 0 Å². The number of anilines is 1. The number of benzene rings is 1. The third-order valence-corrected chi connectivity index (χ3v) is 4.06. The summed E-state index contributed by atoms with van der Waals surface area (Å²) in [6.07, 6.45) is 0. The Morgan fingerprint density at radius 2 is 2.00 bits per heavy atom. The molecular weight excluding hydrogens is 260 g/mol. The molecule has 0 aliphatic carbocycles. The van der Waals surface area contributed by atoms with E-state index < -0.39 is 0 Å². The van der Waals surface area contributed by atoms with Gasteiger partial charge in [-0.25, -0.2) is 0 Å². The van der Waals surface area contributed by atoms with E-state index >= 15 is 0 Å². The molecule has 0 amide bonds. The number of nitrogens with zero attached hydrogens (tertiary/aromatic N) is 1. The lowest BCUT2D eigenvalue weighted by molar-refractivity contribution is 0.716. The Morgan fingerprint density at radius 1 is 1.36 bits per heavy atom. The molecule has 1 aromatic rings. The molecule has 0 spiro atoms. The van der Waals surface area contributed by atoms with Gasteiger partial charge in [-0.2, -0.15) is 17.0 Å². The van der Waals surface area contributed by atoms with E-state index in [2.05, 4.69) is 27.3 Å². The van der Waals surface area contributed by atoms with Gasteiger partial charge >= 0.3 is 0 Å². The van der Waals surface area contributed by atoms with Gasteiger partial charge in [0.2, 0.25) is 0 Å². The Hall–Kier alpha value is -0.660. The minimum atomic E-state index is -0.335. The summed E-state index contributed by atoms with van der Waals surface area (Å²) in [6, 6.07) is 10.2. The van der Waals surface area contributed by atoms with E-state index in [0.29, 0.717) is 0 Å². The molecule has 1 saturated heterocycles. The van der Waals surface area contributed by atoms with Crippen LogP contribution in [0.5, 0.6) is 0 Å². The second-order valence-electron chi connectivity index (χ2n) is 3.32. The van der Waals surface area contributed by atoms with E-state index in [-0.39, 0.29) is 5.54 Å². The number of hydrogen-bond acceptors (Lipinski definition) is 3. The molecule has 14 heavy (non-hydrogen) atoms. The molecule has 0 unspecified atom stereocenters. The molecule has 72 valence electrons. The highest BCUT2D eigenvalue weighted by Gasteiger charge is 2.37. The fourth-order valence-corrected chi connectivity index (χ4v) is 2.43. The molecule has 1 fully saturated rings. The molecule has 4 heteroatoms. The first-order valence-electron chi connectivity index (χ1n) is 4.27. The summed E-state index contributed by atoms with van der Waals surface area (Å²) in [5.41, 5.74) is 0.674. The Balaban J connectivity index is 2.11. The van der Waals surface area contributed by atoms with Crippen LogP contribution in [0.25, 0.3) is 0 Å². The molecule has 0 bridgehead atoms. The molecule has 1 aliphatic rings. The van der Waals surface area contributed by atoms with Crippen LogP contribution < -0.4 is 5.32 Å². The van der Waals surface area contributed by atoms with Crippen LogP contribution in [-0.2, 0) is 0 Å². The average molecular weight is 269 g/mol. The second-order valence-corrected chi connectivity index (χ2v) is 5.22. The van der Waals surface area contributed by atoms with Crippen molar-refractivity contribution in [3.05, 3.63) is 28.7 Å². The molecule has 0 radical (unpaired) electrons. The predicted octanol–water partition coefficient (Wildman–Crippen LogP) is 2.87. The maximum absolute atomic E-state index is 9.02. The van der Waals surface area contributed by atoms with Crippen LogP contribution in [0.3, 0.4) is 0 Å². The van der Waals surface area contributed by atoms with Crippen LogP contribution in [-0.4, -0.2) is 17.0 Å². The molecule has 1 heterocycles. The first-order chi connectivity index (χ1) is 6.74. The maximum Gasteiger partial charge on any atom is 0.143 e. The van der Waals surface area contributed by atoms with Gasteiger partial charge in [-0.1, -0.05) is 15.9 Å². The van der Waals surface area contributed by atoms with Crippen molar-refractivity contribution in [2.75, 3.05) is 16.8 Å². The van der Waals surface area contributed by atoms with Gasteiger partial charge in [0, 0.05) is 21.7 Å². The molecular formula is C10H9BrN2S. The Kier molecular flexibility index (Phi) is 2.71. The lowest BCUT2D eigenvalue weighted by Crippen LogP contribution is -2.49. The Labute approximate surface area is 95.8 Å². The van der Waals surface area contributed by atoms with Crippen molar-refractivity contribution in [1.29, 1.82) is 5.26 Å². The number of thioether (sulfide) groups is 1. The number of hydrogen-bond donors (Lipinski definition) is 1. The highest BCUT2D eigenvalue weighted by molar-refractivity contribution is 9.10. The molecule has 1 aromatic carbocycles. The highest BCUT2D eigenvalue weighted by Crippen LogP contribution is 2.32. The highest BCUT2D eigenvalue weighted by atomic mass is 79.9. The van der Waals surface area contributed by atoms with Crippen molar-refractivity contribution in [1.82, 2.24) is 0 Å². The molecule has 2 rings (SSSR count). The topological polar surface area (TPSA) is 35.8 Å². The Bertz CT molecular complexity index is 365. The largest absolute Gasteiger partial charge is 0.366 e. The number of nitriles is 1. The van der Waals surface area contributed by atoms with E-state index in [0.717, 1.165) is 21.7 Å². The van der Waals surface area contributed by atoms with Crippen LogP contribution in [0.1, 0.15) is 0 Å². The van der Waals surface area contributed by atoms with Crippen molar-refractivity contribution in [2.45, 2.75) is 5.54 Å². The first-order valence-corrected chi connectivity index (χ1v) is 6.22. The zero-order valence-electron chi connectivity index (χ0n) is 7.46. The smallest absolute Gasteiger partial charge is 0.143 e. The van der Waals surface area contributed by atoms with Crippen molar-refractivity contribution in [3.8, 4) is 6.07 Å². The molecule has 1 aliphatic heterocycles. The van der Waals surface area contributed by atoms with Gasteiger partial charge in [0.1, 0.15) is 5.54 Å². The minimum Gasteiger partial charge on any atom is -0.366 e.